The number of nitrogens with zero attached hydrogens (tertiary/aromatic N) is 1. The van der Waals surface area contributed by atoms with E-state index >= 15 is 0 Å². The van der Waals surface area contributed by atoms with Crippen LogP contribution in [0.15, 0.2) is 0 Å². The van der Waals surface area contributed by atoms with Gasteiger partial charge in [0.05, 0.1) is 5.09 Å². The van der Waals surface area contributed by atoms with Crippen LogP contribution in [0.5, 0.6) is 0 Å². The first kappa shape index (κ1) is 23.0. The number of hydrogen-bond acceptors (Lipinski definition) is 3. The van der Waals surface area contributed by atoms with E-state index in [-0.39, 0.29) is 90.8 Å². The van der Waals surface area contributed by atoms with Gasteiger partial charge in [0.15, 0.2) is 0 Å². The third-order valence-electron chi connectivity index (χ3n) is 0. The van der Waals surface area contributed by atoms with Gasteiger partial charge in [0.2, 0.25) is 0 Å². The van der Waals surface area contributed by atoms with Gasteiger partial charge < -0.3 is 27.7 Å². The van der Waals surface area contributed by atoms with Gasteiger partial charge in [0, 0.05) is 0 Å². The molecule has 0 fully saturated rings. The molecular weight excluding hydrogens is 258 g/mol. The Morgan fingerprint density at radius 2 is 1.29 bits per heavy atom. The van der Waals surface area contributed by atoms with E-state index < -0.39 is 5.09 Å². The zero-order chi connectivity index (χ0) is 3.58. The summed E-state index contributed by atoms with van der Waals surface area (Å²) in [5, 5.41) is 14.8. The summed E-state index contributed by atoms with van der Waals surface area (Å²) in [5.74, 6) is 0. The number of halogens is 1. The van der Waals surface area contributed by atoms with Crippen LogP contribution in [0.2, 0.25) is 0 Å². The van der Waals surface area contributed by atoms with Crippen LogP contribution in [0.25, 0.3) is 0 Å². The van der Waals surface area contributed by atoms with Crippen molar-refractivity contribution in [3.05, 3.63) is 15.3 Å². The summed E-state index contributed by atoms with van der Waals surface area (Å²) in [6.45, 7) is 0. The van der Waals surface area contributed by atoms with Crippen molar-refractivity contribution in [2.75, 3.05) is 0 Å². The molecule has 0 aliphatic heterocycles. The largest absolute Gasteiger partial charge is 2.00 e. The van der Waals surface area contributed by atoms with Crippen LogP contribution in [-0.4, -0.2) is 54.0 Å². The maximum Gasteiger partial charge on any atom is 2.00 e. The maximum atomic E-state index is 8.25. The Bertz CT molecular complexity index is 37.9. The Balaban J connectivity index is -0.0000000150. The van der Waals surface area contributed by atoms with Crippen LogP contribution < -0.4 is 42.0 Å². The molecule has 0 unspecified atom stereocenters. The molecule has 0 aliphatic rings. The van der Waals surface area contributed by atoms with Crippen molar-refractivity contribution in [2.24, 2.45) is 0 Å². The molecule has 0 radical (unpaired) electrons. The van der Waals surface area contributed by atoms with Gasteiger partial charge in [0.1, 0.15) is 0 Å². The first-order valence-electron chi connectivity index (χ1n) is 0.548. The minimum absolute atomic E-state index is 0. The molecule has 0 atom stereocenters. The second-order valence-electron chi connectivity index (χ2n) is 0.224. The van der Waals surface area contributed by atoms with Crippen LogP contribution in [0, 0.1) is 15.3 Å². The smallest absolute Gasteiger partial charge is 1.00 e. The molecule has 0 saturated carbocycles. The van der Waals surface area contributed by atoms with E-state index in [1.165, 1.54) is 0 Å². The SMILES string of the molecule is O=[N+]([O-])[O-].[Ba+2].[Cl-].[Na+]. The molecule has 0 aromatic heterocycles. The second-order valence-corrected chi connectivity index (χ2v) is 0.224. The fraction of sp³-hybridized carbons (Fsp3) is 0. The van der Waals surface area contributed by atoms with E-state index in [9.17, 15) is 0 Å². The van der Waals surface area contributed by atoms with Gasteiger partial charge in [-0.3, -0.25) is 0 Å². The third-order valence-corrected chi connectivity index (χ3v) is 0. The van der Waals surface area contributed by atoms with Crippen LogP contribution in [0.1, 0.15) is 0 Å². The van der Waals surface area contributed by atoms with E-state index in [2.05, 4.69) is 0 Å². The summed E-state index contributed by atoms with van der Waals surface area (Å²) in [6.07, 6.45) is 0. The Morgan fingerprint density at radius 3 is 1.29 bits per heavy atom. The zero-order valence-electron chi connectivity index (χ0n) is 3.76. The molecule has 0 spiro atoms. The fourth-order valence-corrected chi connectivity index (χ4v) is 0. The molecule has 4 nitrogen and oxygen atoms in total. The molecule has 7 heavy (non-hydrogen) atoms. The van der Waals surface area contributed by atoms with E-state index in [1.807, 2.05) is 0 Å². The summed E-state index contributed by atoms with van der Waals surface area (Å²) in [4.78, 5) is 8.25. The standard InChI is InChI=1S/Ba.ClH.NO3.Na/c;;2-1(3)4;/h;1H;;/q+2;;-1;+1/p-1. The van der Waals surface area contributed by atoms with Crippen molar-refractivity contribution in [1.82, 2.24) is 0 Å². The molecule has 0 N–H and O–H groups in total. The van der Waals surface area contributed by atoms with Gasteiger partial charge in [-0.15, -0.1) is 0 Å². The summed E-state index contributed by atoms with van der Waals surface area (Å²) in [5.41, 5.74) is 0. The molecule has 0 aromatic rings. The molecule has 0 saturated heterocycles. The second kappa shape index (κ2) is 15.7. The fourth-order valence-electron chi connectivity index (χ4n) is 0. The molecule has 7 heteroatoms. The Morgan fingerprint density at radius 1 is 1.29 bits per heavy atom. The monoisotopic (exact) mass is 258 g/mol. The van der Waals surface area contributed by atoms with Gasteiger partial charge in [-0.25, -0.2) is 0 Å². The molecule has 0 heterocycles. The van der Waals surface area contributed by atoms with Crippen LogP contribution in [0.4, 0.5) is 0 Å². The van der Waals surface area contributed by atoms with E-state index in [4.69, 9.17) is 15.3 Å². The first-order chi connectivity index (χ1) is 1.73. The number of hydrogen-bond donors (Lipinski definition) is 0. The predicted molar refractivity (Wildman–Crippen MR) is 16.1 cm³/mol. The normalized spacial score (nSPS) is 3.43. The van der Waals surface area contributed by atoms with Gasteiger partial charge in [-0.2, -0.15) is 0 Å². The van der Waals surface area contributed by atoms with Crippen molar-refractivity contribution in [3.8, 4) is 0 Å². The maximum absolute atomic E-state index is 8.25. The molecule has 0 bridgehead atoms. The summed E-state index contributed by atoms with van der Waals surface area (Å²) < 4.78 is 0. The molecule has 0 amide bonds. The minimum Gasteiger partial charge on any atom is -1.00 e. The molecule has 0 rings (SSSR count). The Labute approximate surface area is 109 Å². The van der Waals surface area contributed by atoms with Gasteiger partial charge in [0.25, 0.3) is 0 Å². The predicted octanol–water partition coefficient (Wildman–Crippen LogP) is -6.61. The topological polar surface area (TPSA) is 66.2 Å². The summed E-state index contributed by atoms with van der Waals surface area (Å²) in [7, 11) is 0. The molecule has 0 aliphatic carbocycles. The first-order valence-corrected chi connectivity index (χ1v) is 0.548. The van der Waals surface area contributed by atoms with Crippen molar-refractivity contribution in [2.45, 2.75) is 0 Å². The van der Waals surface area contributed by atoms with Crippen molar-refractivity contribution in [1.29, 1.82) is 0 Å². The van der Waals surface area contributed by atoms with Gasteiger partial charge in [-0.05, 0) is 0 Å². The molecule has 0 aromatic carbocycles. The minimum atomic E-state index is -1.75. The average Bonchev–Trinajstić information content (AvgIpc) is 0.811. The van der Waals surface area contributed by atoms with E-state index in [1.54, 1.807) is 0 Å². The number of rotatable bonds is 0. The zero-order valence-corrected chi connectivity index (χ0v) is 11.0. The Hall–Kier alpha value is 2.06. The quantitative estimate of drug-likeness (QED) is 0.246. The van der Waals surface area contributed by atoms with Crippen LogP contribution in [-0.2, 0) is 0 Å². The van der Waals surface area contributed by atoms with Crippen molar-refractivity contribution >= 4 is 48.9 Å². The summed E-state index contributed by atoms with van der Waals surface area (Å²) in [6, 6.07) is 0. The van der Waals surface area contributed by atoms with Crippen molar-refractivity contribution in [3.63, 3.8) is 0 Å². The van der Waals surface area contributed by atoms with Crippen LogP contribution >= 0.6 is 0 Å². The Kier molecular flexibility index (Phi) is 51.5. The average molecular weight is 258 g/mol. The van der Waals surface area contributed by atoms with Gasteiger partial charge in [-0.1, -0.05) is 0 Å². The molecule has 32 valence electrons. The summed E-state index contributed by atoms with van der Waals surface area (Å²) >= 11 is 0. The molecular formula is BaClNNaO3+. The van der Waals surface area contributed by atoms with Crippen molar-refractivity contribution < 1.29 is 47.1 Å². The van der Waals surface area contributed by atoms with E-state index in [0.29, 0.717) is 0 Å². The van der Waals surface area contributed by atoms with Crippen LogP contribution in [0.3, 0.4) is 0 Å². The third kappa shape index (κ3) is 69.7. The van der Waals surface area contributed by atoms with Gasteiger partial charge >= 0.3 is 78.4 Å². The van der Waals surface area contributed by atoms with E-state index in [0.717, 1.165) is 0 Å².